The first-order valence-corrected chi connectivity index (χ1v) is 16.1. The average molecular weight is 588 g/mol. The van der Waals surface area contributed by atoms with Crippen LogP contribution in [0.15, 0.2) is 146 Å². The van der Waals surface area contributed by atoms with Crippen molar-refractivity contribution >= 4 is 70.9 Å². The van der Waals surface area contributed by atoms with Gasteiger partial charge in [-0.05, 0) is 111 Å². The highest BCUT2D eigenvalue weighted by Crippen LogP contribution is 2.50. The van der Waals surface area contributed by atoms with E-state index in [1.54, 1.807) is 0 Å². The van der Waals surface area contributed by atoms with Crippen LogP contribution in [0.4, 0.5) is 17.1 Å². The SMILES string of the molecule is Cc1ccc2c(N(c3ccccc3)c3ccccc3)c3cc(C)ccc3c(-c3cc(C)c4ccc5cccc6ccc3c4c56)c2c1. The second-order valence-corrected chi connectivity index (χ2v) is 12.7. The van der Waals surface area contributed by atoms with Crippen LogP contribution in [-0.4, -0.2) is 0 Å². The largest absolute Gasteiger partial charge is 0.309 e. The molecule has 0 saturated heterocycles. The molecule has 46 heavy (non-hydrogen) atoms. The summed E-state index contributed by atoms with van der Waals surface area (Å²) in [4.78, 5) is 2.44. The van der Waals surface area contributed by atoms with Gasteiger partial charge in [-0.15, -0.1) is 0 Å². The molecule has 218 valence electrons. The highest BCUT2D eigenvalue weighted by molar-refractivity contribution is 6.30. The molecule has 0 aromatic heterocycles. The molecule has 9 aromatic rings. The van der Waals surface area contributed by atoms with Gasteiger partial charge in [0, 0.05) is 22.1 Å². The lowest BCUT2D eigenvalue weighted by Gasteiger charge is -2.30. The predicted molar refractivity (Wildman–Crippen MR) is 199 cm³/mol. The number of benzene rings is 9. The molecule has 0 N–H and O–H groups in total. The van der Waals surface area contributed by atoms with Crippen LogP contribution in [0.2, 0.25) is 0 Å². The zero-order valence-corrected chi connectivity index (χ0v) is 26.3. The van der Waals surface area contributed by atoms with E-state index in [0.29, 0.717) is 0 Å². The summed E-state index contributed by atoms with van der Waals surface area (Å²) in [6.45, 7) is 6.69. The second-order valence-electron chi connectivity index (χ2n) is 12.7. The Morgan fingerprint density at radius 3 is 1.61 bits per heavy atom. The zero-order valence-electron chi connectivity index (χ0n) is 26.3. The molecule has 0 unspecified atom stereocenters. The van der Waals surface area contributed by atoms with E-state index in [0.717, 1.165) is 11.4 Å². The van der Waals surface area contributed by atoms with E-state index in [1.165, 1.54) is 87.4 Å². The van der Waals surface area contributed by atoms with Crippen LogP contribution in [0.5, 0.6) is 0 Å². The van der Waals surface area contributed by atoms with Crippen molar-refractivity contribution in [3.63, 3.8) is 0 Å². The van der Waals surface area contributed by atoms with E-state index in [4.69, 9.17) is 0 Å². The van der Waals surface area contributed by atoms with Crippen molar-refractivity contribution < 1.29 is 0 Å². The maximum atomic E-state index is 2.44. The fraction of sp³-hybridized carbons (Fsp3) is 0.0667. The van der Waals surface area contributed by atoms with Gasteiger partial charge >= 0.3 is 0 Å². The summed E-state index contributed by atoms with van der Waals surface area (Å²) in [7, 11) is 0. The van der Waals surface area contributed by atoms with Crippen molar-refractivity contribution in [1.29, 1.82) is 0 Å². The van der Waals surface area contributed by atoms with Gasteiger partial charge in [-0.1, -0.05) is 126 Å². The number of para-hydroxylation sites is 2. The van der Waals surface area contributed by atoms with E-state index in [1.807, 2.05) is 0 Å². The van der Waals surface area contributed by atoms with Crippen LogP contribution in [0.1, 0.15) is 16.7 Å². The molecule has 1 heteroatoms. The minimum atomic E-state index is 1.14. The van der Waals surface area contributed by atoms with E-state index < -0.39 is 0 Å². The number of anilines is 3. The molecule has 0 heterocycles. The van der Waals surface area contributed by atoms with Gasteiger partial charge < -0.3 is 4.90 Å². The molecule has 0 bridgehead atoms. The predicted octanol–water partition coefficient (Wildman–Crippen LogP) is 13.0. The Balaban J connectivity index is 1.48. The molecular formula is C45H33N. The van der Waals surface area contributed by atoms with Crippen LogP contribution in [0.3, 0.4) is 0 Å². The monoisotopic (exact) mass is 587 g/mol. The van der Waals surface area contributed by atoms with Crippen molar-refractivity contribution in [2.24, 2.45) is 0 Å². The lowest BCUT2D eigenvalue weighted by molar-refractivity contribution is 1.31. The summed E-state index contributed by atoms with van der Waals surface area (Å²) in [5.74, 6) is 0. The molecule has 0 radical (unpaired) electrons. The first kappa shape index (κ1) is 26.7. The number of fused-ring (bicyclic) bond motifs is 2. The Labute approximate surface area is 269 Å². The van der Waals surface area contributed by atoms with Gasteiger partial charge in [0.25, 0.3) is 0 Å². The zero-order chi connectivity index (χ0) is 30.9. The number of rotatable bonds is 4. The summed E-state index contributed by atoms with van der Waals surface area (Å²) in [5.41, 5.74) is 9.91. The number of nitrogens with zero attached hydrogens (tertiary/aromatic N) is 1. The van der Waals surface area contributed by atoms with Crippen molar-refractivity contribution in [2.75, 3.05) is 4.90 Å². The third-order valence-electron chi connectivity index (χ3n) is 9.77. The van der Waals surface area contributed by atoms with Crippen LogP contribution < -0.4 is 4.90 Å². The molecular weight excluding hydrogens is 555 g/mol. The quantitative estimate of drug-likeness (QED) is 0.146. The van der Waals surface area contributed by atoms with Gasteiger partial charge in [-0.3, -0.25) is 0 Å². The molecule has 0 amide bonds. The van der Waals surface area contributed by atoms with E-state index >= 15 is 0 Å². The first-order chi connectivity index (χ1) is 22.6. The van der Waals surface area contributed by atoms with Gasteiger partial charge in [-0.2, -0.15) is 0 Å². The fourth-order valence-electron chi connectivity index (χ4n) is 7.74. The number of hydrogen-bond acceptors (Lipinski definition) is 1. The van der Waals surface area contributed by atoms with Crippen LogP contribution in [0, 0.1) is 20.8 Å². The van der Waals surface area contributed by atoms with E-state index in [2.05, 4.69) is 171 Å². The summed E-state index contributed by atoms with van der Waals surface area (Å²) in [6.07, 6.45) is 0. The minimum Gasteiger partial charge on any atom is -0.309 e. The molecule has 0 atom stereocenters. The normalized spacial score (nSPS) is 11.8. The van der Waals surface area contributed by atoms with Crippen molar-refractivity contribution in [3.8, 4) is 11.1 Å². The van der Waals surface area contributed by atoms with Gasteiger partial charge in [0.2, 0.25) is 0 Å². The first-order valence-electron chi connectivity index (χ1n) is 16.1. The summed E-state index contributed by atoms with van der Waals surface area (Å²) in [5, 5.41) is 13.0. The van der Waals surface area contributed by atoms with E-state index in [-0.39, 0.29) is 0 Å². The molecule has 1 nitrogen and oxygen atoms in total. The Bertz CT molecular complexity index is 2540. The molecule has 0 spiro atoms. The highest BCUT2D eigenvalue weighted by Gasteiger charge is 2.24. The summed E-state index contributed by atoms with van der Waals surface area (Å²) < 4.78 is 0. The Hall–Kier alpha value is -5.66. The minimum absolute atomic E-state index is 1.14. The fourth-order valence-corrected chi connectivity index (χ4v) is 7.74. The molecule has 0 aliphatic rings. The van der Waals surface area contributed by atoms with Gasteiger partial charge in [0.05, 0.1) is 5.69 Å². The van der Waals surface area contributed by atoms with Gasteiger partial charge in [0.1, 0.15) is 0 Å². The second kappa shape index (κ2) is 10.2. The lowest BCUT2D eigenvalue weighted by Crippen LogP contribution is -2.11. The summed E-state index contributed by atoms with van der Waals surface area (Å²) in [6, 6.07) is 53.9. The lowest BCUT2D eigenvalue weighted by atomic mass is 9.83. The maximum absolute atomic E-state index is 2.44. The van der Waals surface area contributed by atoms with Crippen molar-refractivity contribution in [1.82, 2.24) is 0 Å². The van der Waals surface area contributed by atoms with Gasteiger partial charge in [0.15, 0.2) is 0 Å². The molecule has 0 aliphatic heterocycles. The van der Waals surface area contributed by atoms with Crippen LogP contribution >= 0.6 is 0 Å². The summed E-state index contributed by atoms with van der Waals surface area (Å²) >= 11 is 0. The topological polar surface area (TPSA) is 3.24 Å². The number of hydrogen-bond donors (Lipinski definition) is 0. The Kier molecular flexibility index (Phi) is 5.92. The number of aryl methyl sites for hydroxylation is 3. The molecule has 9 rings (SSSR count). The Morgan fingerprint density at radius 2 is 0.957 bits per heavy atom. The third-order valence-corrected chi connectivity index (χ3v) is 9.77. The third kappa shape index (κ3) is 3.95. The standard InChI is InChI=1S/C45H33N/c1-28-18-22-38-39(25-28)43(40-27-30(3)35-23-19-31-11-10-12-32-20-24-36(40)44(35)42(31)32)37-21-17-29(2)26-41(37)45(38)46(33-13-6-4-7-14-33)34-15-8-5-9-16-34/h4-27H,1-3H3. The molecule has 0 saturated carbocycles. The molecule has 0 aliphatic carbocycles. The van der Waals surface area contributed by atoms with Crippen molar-refractivity contribution in [2.45, 2.75) is 20.8 Å². The maximum Gasteiger partial charge on any atom is 0.0618 e. The van der Waals surface area contributed by atoms with E-state index in [9.17, 15) is 0 Å². The van der Waals surface area contributed by atoms with Crippen molar-refractivity contribution in [3.05, 3.63) is 162 Å². The highest BCUT2D eigenvalue weighted by atomic mass is 15.1. The van der Waals surface area contributed by atoms with Crippen LogP contribution in [-0.2, 0) is 0 Å². The van der Waals surface area contributed by atoms with Crippen LogP contribution in [0.25, 0.3) is 65.0 Å². The molecule has 9 aromatic carbocycles. The molecule has 0 fully saturated rings. The average Bonchev–Trinajstić information content (AvgIpc) is 3.09. The Morgan fingerprint density at radius 1 is 0.391 bits per heavy atom. The van der Waals surface area contributed by atoms with Gasteiger partial charge in [-0.25, -0.2) is 0 Å². The smallest absolute Gasteiger partial charge is 0.0618 e.